The number of rotatable bonds is 1. The molecule has 22 heavy (non-hydrogen) atoms. The van der Waals surface area contributed by atoms with Crippen molar-refractivity contribution < 1.29 is 5.11 Å². The molecule has 1 aliphatic carbocycles. The predicted molar refractivity (Wildman–Crippen MR) is 87.5 cm³/mol. The maximum atomic E-state index is 11.2. The van der Waals surface area contributed by atoms with E-state index in [4.69, 9.17) is 0 Å². The molecule has 0 radical (unpaired) electrons. The molecule has 1 saturated carbocycles. The SMILES string of the molecule is CC1(C)CCC[C@](C)([C@@H]2c3ccccc3-c3cncn32)[C@H]1O. The van der Waals surface area contributed by atoms with Gasteiger partial charge in [0, 0.05) is 11.0 Å². The third kappa shape index (κ3) is 1.69. The van der Waals surface area contributed by atoms with Gasteiger partial charge >= 0.3 is 0 Å². The number of benzene rings is 1. The molecule has 2 heterocycles. The molecule has 3 nitrogen and oxygen atoms in total. The highest BCUT2D eigenvalue weighted by Gasteiger charge is 2.53. The monoisotopic (exact) mass is 296 g/mol. The summed E-state index contributed by atoms with van der Waals surface area (Å²) >= 11 is 0. The van der Waals surface area contributed by atoms with Crippen molar-refractivity contribution in [3.05, 3.63) is 42.4 Å². The van der Waals surface area contributed by atoms with Gasteiger partial charge in [-0.25, -0.2) is 4.98 Å². The number of aromatic nitrogens is 2. The van der Waals surface area contributed by atoms with Crippen LogP contribution >= 0.6 is 0 Å². The zero-order valence-corrected chi connectivity index (χ0v) is 13.6. The molecule has 1 fully saturated rings. The molecule has 1 aromatic heterocycles. The molecule has 0 bridgehead atoms. The lowest BCUT2D eigenvalue weighted by Crippen LogP contribution is -2.50. The van der Waals surface area contributed by atoms with E-state index in [9.17, 15) is 5.11 Å². The van der Waals surface area contributed by atoms with Gasteiger partial charge in [-0.2, -0.15) is 0 Å². The first-order chi connectivity index (χ1) is 10.5. The second kappa shape index (κ2) is 4.45. The zero-order valence-electron chi connectivity index (χ0n) is 13.6. The Balaban J connectivity index is 1.89. The summed E-state index contributed by atoms with van der Waals surface area (Å²) in [4.78, 5) is 4.36. The van der Waals surface area contributed by atoms with E-state index < -0.39 is 0 Å². The highest BCUT2D eigenvalue weighted by atomic mass is 16.3. The minimum absolute atomic E-state index is 0.0364. The Bertz CT molecular complexity index is 718. The largest absolute Gasteiger partial charge is 0.392 e. The molecule has 1 aromatic carbocycles. The van der Waals surface area contributed by atoms with Crippen molar-refractivity contribution in [1.82, 2.24) is 9.55 Å². The number of imidazole rings is 1. The van der Waals surface area contributed by atoms with Gasteiger partial charge in [0.2, 0.25) is 0 Å². The minimum Gasteiger partial charge on any atom is -0.392 e. The predicted octanol–water partition coefficient (Wildman–Crippen LogP) is 4.03. The number of hydrogen-bond acceptors (Lipinski definition) is 2. The number of fused-ring (bicyclic) bond motifs is 3. The maximum Gasteiger partial charge on any atom is 0.0956 e. The molecule has 116 valence electrons. The molecule has 0 unspecified atom stereocenters. The molecule has 2 aliphatic rings. The zero-order chi connectivity index (χ0) is 15.5. The summed E-state index contributed by atoms with van der Waals surface area (Å²) in [6.07, 6.45) is 6.87. The average Bonchev–Trinajstić information content (AvgIpc) is 3.04. The summed E-state index contributed by atoms with van der Waals surface area (Å²) in [6.45, 7) is 6.66. The van der Waals surface area contributed by atoms with Crippen LogP contribution in [0.3, 0.4) is 0 Å². The first kappa shape index (κ1) is 14.0. The third-order valence-corrected chi connectivity index (χ3v) is 6.00. The topological polar surface area (TPSA) is 38.0 Å². The van der Waals surface area contributed by atoms with E-state index in [-0.39, 0.29) is 23.0 Å². The van der Waals surface area contributed by atoms with Crippen molar-refractivity contribution in [1.29, 1.82) is 0 Å². The Hall–Kier alpha value is -1.61. The quantitative estimate of drug-likeness (QED) is 0.862. The number of nitrogens with zero attached hydrogens (tertiary/aromatic N) is 2. The van der Waals surface area contributed by atoms with Gasteiger partial charge < -0.3 is 9.67 Å². The molecule has 3 heteroatoms. The van der Waals surface area contributed by atoms with Gasteiger partial charge in [0.15, 0.2) is 0 Å². The second-order valence-corrected chi connectivity index (χ2v) is 7.93. The fourth-order valence-electron chi connectivity index (χ4n) is 4.89. The third-order valence-electron chi connectivity index (χ3n) is 6.00. The van der Waals surface area contributed by atoms with Crippen molar-refractivity contribution in [2.45, 2.75) is 52.2 Å². The molecule has 1 aliphatic heterocycles. The summed E-state index contributed by atoms with van der Waals surface area (Å²) in [5.41, 5.74) is 3.58. The Morgan fingerprint density at radius 3 is 2.77 bits per heavy atom. The van der Waals surface area contributed by atoms with Crippen molar-refractivity contribution >= 4 is 0 Å². The van der Waals surface area contributed by atoms with Crippen LogP contribution in [0.4, 0.5) is 0 Å². The van der Waals surface area contributed by atoms with Crippen LogP contribution in [0, 0.1) is 10.8 Å². The first-order valence-corrected chi connectivity index (χ1v) is 8.24. The lowest BCUT2D eigenvalue weighted by atomic mass is 9.58. The fraction of sp³-hybridized carbons (Fsp3) is 0.526. The van der Waals surface area contributed by atoms with Crippen LogP contribution in [0.25, 0.3) is 11.3 Å². The van der Waals surface area contributed by atoms with E-state index in [1.54, 1.807) is 0 Å². The molecule has 0 spiro atoms. The van der Waals surface area contributed by atoms with Crippen molar-refractivity contribution in [3.8, 4) is 11.3 Å². The van der Waals surface area contributed by atoms with Crippen LogP contribution in [0.1, 0.15) is 51.6 Å². The molecule has 4 rings (SSSR count). The van der Waals surface area contributed by atoms with E-state index in [1.807, 2.05) is 12.5 Å². The van der Waals surface area contributed by atoms with E-state index >= 15 is 0 Å². The van der Waals surface area contributed by atoms with Crippen molar-refractivity contribution in [3.63, 3.8) is 0 Å². The van der Waals surface area contributed by atoms with Crippen LogP contribution in [-0.4, -0.2) is 20.8 Å². The Labute approximate surface area is 132 Å². The lowest BCUT2D eigenvalue weighted by Gasteiger charge is -2.51. The lowest BCUT2D eigenvalue weighted by molar-refractivity contribution is -0.100. The summed E-state index contributed by atoms with van der Waals surface area (Å²) in [6, 6.07) is 8.76. The summed E-state index contributed by atoms with van der Waals surface area (Å²) in [7, 11) is 0. The standard InChI is InChI=1S/C19H24N2O/c1-18(2)9-6-10-19(3,17(18)22)16-14-8-5-4-7-13(14)15-11-20-12-21(15)16/h4-5,7-8,11-12,16-17,22H,6,9-10H2,1-3H3/t16-,17-,19+/m0/s1. The van der Waals surface area contributed by atoms with E-state index in [2.05, 4.69) is 54.6 Å². The highest BCUT2D eigenvalue weighted by molar-refractivity contribution is 5.69. The van der Waals surface area contributed by atoms with Crippen LogP contribution in [0.5, 0.6) is 0 Å². The molecule has 3 atom stereocenters. The number of hydrogen-bond donors (Lipinski definition) is 1. The molecular weight excluding hydrogens is 272 g/mol. The van der Waals surface area contributed by atoms with Gasteiger partial charge in [0.1, 0.15) is 0 Å². The highest BCUT2D eigenvalue weighted by Crippen LogP contribution is 2.57. The average molecular weight is 296 g/mol. The molecule has 2 aromatic rings. The Morgan fingerprint density at radius 1 is 1.18 bits per heavy atom. The Kier molecular flexibility index (Phi) is 2.83. The molecule has 0 saturated heterocycles. The van der Waals surface area contributed by atoms with Crippen molar-refractivity contribution in [2.75, 3.05) is 0 Å². The van der Waals surface area contributed by atoms with Crippen molar-refractivity contribution in [2.24, 2.45) is 10.8 Å². The smallest absolute Gasteiger partial charge is 0.0956 e. The van der Waals surface area contributed by atoms with E-state index in [0.29, 0.717) is 0 Å². The van der Waals surface area contributed by atoms with E-state index in [1.165, 1.54) is 23.2 Å². The normalized spacial score (nSPS) is 32.5. The summed E-state index contributed by atoms with van der Waals surface area (Å²) in [5, 5.41) is 11.2. The summed E-state index contributed by atoms with van der Waals surface area (Å²) in [5.74, 6) is 0. The fourth-order valence-corrected chi connectivity index (χ4v) is 4.89. The van der Waals surface area contributed by atoms with E-state index in [0.717, 1.165) is 12.8 Å². The Morgan fingerprint density at radius 2 is 1.95 bits per heavy atom. The van der Waals surface area contributed by atoms with Gasteiger partial charge in [0.05, 0.1) is 30.4 Å². The van der Waals surface area contributed by atoms with Gasteiger partial charge in [0.25, 0.3) is 0 Å². The van der Waals surface area contributed by atoms with Crippen LogP contribution in [-0.2, 0) is 0 Å². The van der Waals surface area contributed by atoms with Gasteiger partial charge in [-0.05, 0) is 23.8 Å². The number of aliphatic hydroxyl groups is 1. The van der Waals surface area contributed by atoms with Gasteiger partial charge in [-0.15, -0.1) is 0 Å². The molecule has 0 amide bonds. The van der Waals surface area contributed by atoms with Crippen LogP contribution in [0.2, 0.25) is 0 Å². The van der Waals surface area contributed by atoms with Crippen LogP contribution in [0.15, 0.2) is 36.8 Å². The van der Waals surface area contributed by atoms with Gasteiger partial charge in [-0.3, -0.25) is 0 Å². The minimum atomic E-state index is -0.319. The second-order valence-electron chi connectivity index (χ2n) is 7.93. The first-order valence-electron chi connectivity index (χ1n) is 8.24. The molecule has 1 N–H and O–H groups in total. The van der Waals surface area contributed by atoms with Crippen LogP contribution < -0.4 is 0 Å². The summed E-state index contributed by atoms with van der Waals surface area (Å²) < 4.78 is 2.27. The maximum absolute atomic E-state index is 11.2. The van der Waals surface area contributed by atoms with Gasteiger partial charge in [-0.1, -0.05) is 51.5 Å². The molecular formula is C19H24N2O. The number of aliphatic hydroxyl groups excluding tert-OH is 1.